The first-order valence-corrected chi connectivity index (χ1v) is 8.16. The molecule has 1 heterocycles. The van der Waals surface area contributed by atoms with Gasteiger partial charge in [-0.1, -0.05) is 33.1 Å². The first-order valence-electron chi connectivity index (χ1n) is 6.44. The maximum absolute atomic E-state index is 11.9. The van der Waals surface area contributed by atoms with E-state index in [2.05, 4.69) is 13.8 Å². The van der Waals surface area contributed by atoms with Gasteiger partial charge >= 0.3 is 0 Å². The van der Waals surface area contributed by atoms with Crippen molar-refractivity contribution in [3.63, 3.8) is 0 Å². The highest BCUT2D eigenvalue weighted by Crippen LogP contribution is 2.25. The van der Waals surface area contributed by atoms with Gasteiger partial charge in [0.15, 0.2) is 9.84 Å². The molecule has 4 heteroatoms. The molecule has 0 amide bonds. The average Bonchev–Trinajstić information content (AvgIpc) is 2.16. The van der Waals surface area contributed by atoms with Gasteiger partial charge in [-0.25, -0.2) is 8.42 Å². The summed E-state index contributed by atoms with van der Waals surface area (Å²) in [5, 5.41) is -0.277. The molecule has 0 aromatic carbocycles. The van der Waals surface area contributed by atoms with Crippen molar-refractivity contribution >= 4 is 9.84 Å². The quantitative estimate of drug-likeness (QED) is 0.809. The van der Waals surface area contributed by atoms with Crippen LogP contribution in [0.4, 0.5) is 0 Å². The lowest BCUT2D eigenvalue weighted by Crippen LogP contribution is -2.44. The molecule has 1 rings (SSSR count). The maximum Gasteiger partial charge on any atom is 0.154 e. The fraction of sp³-hybridized carbons (Fsp3) is 1.00. The molecule has 0 spiro atoms. The van der Waals surface area contributed by atoms with E-state index in [1.807, 2.05) is 0 Å². The van der Waals surface area contributed by atoms with Gasteiger partial charge in [-0.3, -0.25) is 0 Å². The minimum Gasteiger partial charge on any atom is -0.327 e. The van der Waals surface area contributed by atoms with Gasteiger partial charge in [0.05, 0.1) is 11.0 Å². The Labute approximate surface area is 99.7 Å². The minimum absolute atomic E-state index is 0.160. The Morgan fingerprint density at radius 3 is 2.62 bits per heavy atom. The zero-order valence-corrected chi connectivity index (χ0v) is 11.3. The van der Waals surface area contributed by atoms with E-state index >= 15 is 0 Å². The molecule has 3 atom stereocenters. The Morgan fingerprint density at radius 2 is 2.06 bits per heavy atom. The van der Waals surface area contributed by atoms with E-state index in [0.29, 0.717) is 11.7 Å². The van der Waals surface area contributed by atoms with Crippen LogP contribution in [0.15, 0.2) is 0 Å². The summed E-state index contributed by atoms with van der Waals surface area (Å²) < 4.78 is 23.8. The molecule has 0 radical (unpaired) electrons. The number of hydrogen-bond acceptors (Lipinski definition) is 3. The summed E-state index contributed by atoms with van der Waals surface area (Å²) in [4.78, 5) is 0. The van der Waals surface area contributed by atoms with E-state index in [4.69, 9.17) is 5.73 Å². The monoisotopic (exact) mass is 247 g/mol. The molecule has 1 fully saturated rings. The predicted molar refractivity (Wildman–Crippen MR) is 68.1 cm³/mol. The molecule has 0 saturated carbocycles. The van der Waals surface area contributed by atoms with E-state index in [0.717, 1.165) is 38.5 Å². The van der Waals surface area contributed by atoms with Gasteiger partial charge in [0.2, 0.25) is 0 Å². The van der Waals surface area contributed by atoms with Crippen LogP contribution in [-0.4, -0.2) is 25.5 Å². The molecule has 96 valence electrons. The number of sulfone groups is 1. The van der Waals surface area contributed by atoms with Gasteiger partial charge in [-0.2, -0.15) is 0 Å². The molecule has 0 aromatic heterocycles. The molecule has 3 nitrogen and oxygen atoms in total. The van der Waals surface area contributed by atoms with Crippen molar-refractivity contribution in [3.8, 4) is 0 Å². The maximum atomic E-state index is 11.9. The average molecular weight is 247 g/mol. The van der Waals surface area contributed by atoms with Crippen LogP contribution in [0.3, 0.4) is 0 Å². The summed E-state index contributed by atoms with van der Waals surface area (Å²) in [6.45, 7) is 4.32. The second-order valence-corrected chi connectivity index (χ2v) is 7.53. The molecule has 2 N–H and O–H groups in total. The Kier molecular flexibility index (Phi) is 5.25. The molecule has 0 aromatic rings. The van der Waals surface area contributed by atoms with Crippen LogP contribution in [0.25, 0.3) is 0 Å². The van der Waals surface area contributed by atoms with Gasteiger partial charge in [-0.05, 0) is 25.2 Å². The van der Waals surface area contributed by atoms with Gasteiger partial charge in [-0.15, -0.1) is 0 Å². The van der Waals surface area contributed by atoms with Crippen molar-refractivity contribution in [2.75, 3.05) is 5.75 Å². The van der Waals surface area contributed by atoms with Gasteiger partial charge < -0.3 is 5.73 Å². The Morgan fingerprint density at radius 1 is 1.38 bits per heavy atom. The third-order valence-corrected chi connectivity index (χ3v) is 5.93. The topological polar surface area (TPSA) is 60.2 Å². The normalized spacial score (nSPS) is 28.6. The second kappa shape index (κ2) is 6.01. The smallest absolute Gasteiger partial charge is 0.154 e. The zero-order valence-electron chi connectivity index (χ0n) is 10.5. The fourth-order valence-corrected chi connectivity index (χ4v) is 4.77. The largest absolute Gasteiger partial charge is 0.327 e. The Balaban J connectivity index is 2.55. The van der Waals surface area contributed by atoms with Crippen molar-refractivity contribution < 1.29 is 8.42 Å². The molecule has 1 aliphatic rings. The predicted octanol–water partition coefficient (Wildman–Crippen LogP) is 2.11. The summed E-state index contributed by atoms with van der Waals surface area (Å²) in [6, 6.07) is -0.160. The molecule has 1 saturated heterocycles. The molecule has 0 aliphatic carbocycles. The first kappa shape index (κ1) is 14.0. The molecule has 1 aliphatic heterocycles. The standard InChI is InChI=1S/C12H25NO2S/c1-3-6-10(2)9-11(13)12-7-4-5-8-16(12,14)15/h10-12H,3-9,13H2,1-2H3. The highest BCUT2D eigenvalue weighted by atomic mass is 32.2. The molecular weight excluding hydrogens is 222 g/mol. The van der Waals surface area contributed by atoms with Crippen LogP contribution in [0.2, 0.25) is 0 Å². The lowest BCUT2D eigenvalue weighted by Gasteiger charge is -2.29. The number of hydrogen-bond donors (Lipinski definition) is 1. The van der Waals surface area contributed by atoms with Crippen molar-refractivity contribution in [2.45, 2.75) is 63.7 Å². The summed E-state index contributed by atoms with van der Waals surface area (Å²) in [6.07, 6.45) is 5.72. The van der Waals surface area contributed by atoms with Crippen LogP contribution < -0.4 is 5.73 Å². The summed E-state index contributed by atoms with van der Waals surface area (Å²) in [5.74, 6) is 0.880. The summed E-state index contributed by atoms with van der Waals surface area (Å²) >= 11 is 0. The van der Waals surface area contributed by atoms with Crippen LogP contribution in [0, 0.1) is 5.92 Å². The van der Waals surface area contributed by atoms with Gasteiger partial charge in [0.1, 0.15) is 0 Å². The lowest BCUT2D eigenvalue weighted by molar-refractivity contribution is 0.401. The van der Waals surface area contributed by atoms with E-state index in [1.54, 1.807) is 0 Å². The molecule has 3 unspecified atom stereocenters. The second-order valence-electron chi connectivity index (χ2n) is 5.19. The fourth-order valence-electron chi connectivity index (χ4n) is 2.69. The van der Waals surface area contributed by atoms with E-state index < -0.39 is 9.84 Å². The van der Waals surface area contributed by atoms with Crippen molar-refractivity contribution in [2.24, 2.45) is 11.7 Å². The minimum atomic E-state index is -2.91. The van der Waals surface area contributed by atoms with Crippen molar-refractivity contribution in [3.05, 3.63) is 0 Å². The van der Waals surface area contributed by atoms with Crippen LogP contribution in [0.5, 0.6) is 0 Å². The SMILES string of the molecule is CCCC(C)CC(N)C1CCCCS1(=O)=O. The molecule has 0 bridgehead atoms. The highest BCUT2D eigenvalue weighted by Gasteiger charge is 2.33. The highest BCUT2D eigenvalue weighted by molar-refractivity contribution is 7.92. The van der Waals surface area contributed by atoms with Gasteiger partial charge in [0.25, 0.3) is 0 Å². The summed E-state index contributed by atoms with van der Waals surface area (Å²) in [7, 11) is -2.91. The molecular formula is C12H25NO2S. The van der Waals surface area contributed by atoms with Crippen molar-refractivity contribution in [1.82, 2.24) is 0 Å². The Bertz CT molecular complexity index is 300. The van der Waals surface area contributed by atoms with Crippen LogP contribution >= 0.6 is 0 Å². The third-order valence-electron chi connectivity index (χ3n) is 3.56. The third kappa shape index (κ3) is 3.74. The number of rotatable bonds is 5. The van der Waals surface area contributed by atoms with E-state index in [9.17, 15) is 8.42 Å². The van der Waals surface area contributed by atoms with E-state index in [1.165, 1.54) is 0 Å². The first-order chi connectivity index (χ1) is 7.47. The molecule has 16 heavy (non-hydrogen) atoms. The van der Waals surface area contributed by atoms with Crippen LogP contribution in [0.1, 0.15) is 52.4 Å². The van der Waals surface area contributed by atoms with Crippen molar-refractivity contribution in [1.29, 1.82) is 0 Å². The Hall–Kier alpha value is -0.0900. The van der Waals surface area contributed by atoms with Crippen LogP contribution in [-0.2, 0) is 9.84 Å². The van der Waals surface area contributed by atoms with Gasteiger partial charge in [0, 0.05) is 6.04 Å². The zero-order chi connectivity index (χ0) is 12.2. The summed E-state index contributed by atoms with van der Waals surface area (Å²) in [5.41, 5.74) is 6.08. The van der Waals surface area contributed by atoms with E-state index in [-0.39, 0.29) is 11.3 Å². The number of nitrogens with two attached hydrogens (primary N) is 1. The lowest BCUT2D eigenvalue weighted by atomic mass is 9.94.